The number of aromatic nitrogens is 3. The third kappa shape index (κ3) is 7.57. The molecule has 8 bridgehead atoms. The van der Waals surface area contributed by atoms with Gasteiger partial charge in [0, 0.05) is 75.0 Å². The Bertz CT molecular complexity index is 2460. The number of rotatable bonds is 12. The Morgan fingerprint density at radius 2 is 1.57 bits per heavy atom. The van der Waals surface area contributed by atoms with Gasteiger partial charge in [-0.05, 0) is 91.8 Å². The number of H-pyrrole nitrogens is 3. The summed E-state index contributed by atoms with van der Waals surface area (Å²) in [6.45, 7) is 13.8. The number of amides is 1. The van der Waals surface area contributed by atoms with E-state index in [1.165, 1.54) is 12.1 Å². The summed E-state index contributed by atoms with van der Waals surface area (Å²) >= 11 is 0. The number of fused-ring (bicyclic) bond motifs is 8. The van der Waals surface area contributed by atoms with Crippen molar-refractivity contribution in [3.8, 4) is 5.75 Å². The summed E-state index contributed by atoms with van der Waals surface area (Å²) in [5.74, 6) is -4.96. The molecule has 2 aliphatic rings. The molecule has 3 atom stereocenters. The summed E-state index contributed by atoms with van der Waals surface area (Å²) < 4.78 is 0. The molecule has 13 nitrogen and oxygen atoms in total. The van der Waals surface area contributed by atoms with Crippen LogP contribution in [-0.2, 0) is 27.2 Å². The molecule has 6 rings (SSSR count). The lowest BCUT2D eigenvalue weighted by Crippen LogP contribution is -2.42. The highest BCUT2D eigenvalue weighted by atomic mass is 16.4. The van der Waals surface area contributed by atoms with Gasteiger partial charge >= 0.3 is 17.9 Å². The molecule has 13 heteroatoms. The van der Waals surface area contributed by atoms with Crippen LogP contribution in [-0.4, -0.2) is 65.2 Å². The average molecular weight is 762 g/mol. The molecule has 292 valence electrons. The Kier molecular flexibility index (Phi) is 11.0. The first kappa shape index (κ1) is 39.2. The van der Waals surface area contributed by atoms with E-state index in [-0.39, 0.29) is 47.8 Å². The van der Waals surface area contributed by atoms with Crippen molar-refractivity contribution in [3.05, 3.63) is 115 Å². The molecule has 1 amide bonds. The number of allylic oxidation sites excluding steroid dienone is 2. The summed E-state index contributed by atoms with van der Waals surface area (Å²) in [5.41, 5.74) is 8.60. The van der Waals surface area contributed by atoms with Crippen LogP contribution in [0.1, 0.15) is 99.6 Å². The van der Waals surface area contributed by atoms with Crippen molar-refractivity contribution >= 4 is 53.7 Å². The van der Waals surface area contributed by atoms with Crippen molar-refractivity contribution < 1.29 is 39.6 Å². The Hall–Kier alpha value is -6.50. The maximum Gasteiger partial charge on any atom is 0.338 e. The molecule has 0 saturated carbocycles. The fourth-order valence-corrected chi connectivity index (χ4v) is 8.03. The molecule has 56 heavy (non-hydrogen) atoms. The number of carbonyl (C=O) groups is 4. The fraction of sp³-hybridized carbons (Fsp3) is 0.302. The zero-order valence-corrected chi connectivity index (χ0v) is 32.0. The van der Waals surface area contributed by atoms with Gasteiger partial charge in [-0.3, -0.25) is 9.59 Å². The molecule has 5 heterocycles. The van der Waals surface area contributed by atoms with Crippen LogP contribution in [0.4, 0.5) is 0 Å². The maximum atomic E-state index is 14.1. The monoisotopic (exact) mass is 761 g/mol. The molecule has 1 fully saturated rings. The minimum atomic E-state index is -1.34. The summed E-state index contributed by atoms with van der Waals surface area (Å²) in [6.07, 6.45) is 7.81. The third-order valence-electron chi connectivity index (χ3n) is 11.1. The number of nitrogens with one attached hydrogen (secondary N) is 5. The number of phenolic OH excluding ortho intramolecular Hbond substituents is 1. The van der Waals surface area contributed by atoms with Gasteiger partial charge in [-0.25, -0.2) is 9.59 Å². The van der Waals surface area contributed by atoms with Crippen LogP contribution in [0.2, 0.25) is 0 Å². The molecule has 2 aliphatic heterocycles. The molecule has 0 radical (unpaired) electrons. The predicted molar refractivity (Wildman–Crippen MR) is 213 cm³/mol. The van der Waals surface area contributed by atoms with E-state index in [0.29, 0.717) is 28.9 Å². The molecular formula is C43H47N5O8. The van der Waals surface area contributed by atoms with Crippen LogP contribution >= 0.6 is 0 Å². The molecule has 1 aromatic carbocycles. The lowest BCUT2D eigenvalue weighted by Gasteiger charge is -2.20. The number of aliphatic carboxylic acids is 2. The molecule has 0 spiro atoms. The highest BCUT2D eigenvalue weighted by Crippen LogP contribution is 2.43. The normalized spacial score (nSPS) is 16.6. The SMILES string of the molecule is C=Cc1c2[nH]c(c1C)C=C1NC(=C(CC(=O)N[C@H](Cc3ccc(O)cc3)C(=O)O)c3[nH]c(c(C)c3C(=O)O)C=c3[nH]c(c(C)c3CC)=C2)[C@@H](CCC(=O)O)[C@@H]1C. The van der Waals surface area contributed by atoms with Crippen LogP contribution in [0.15, 0.2) is 42.2 Å². The molecule has 3 aromatic heterocycles. The smallest absolute Gasteiger partial charge is 0.338 e. The quantitative estimate of drug-likeness (QED) is 0.0962. The number of hydrogen-bond acceptors (Lipinski definition) is 6. The van der Waals surface area contributed by atoms with Gasteiger partial charge in [0.05, 0.1) is 17.7 Å². The van der Waals surface area contributed by atoms with Crippen molar-refractivity contribution in [2.45, 2.75) is 72.8 Å². The van der Waals surface area contributed by atoms with Crippen LogP contribution in [0.3, 0.4) is 0 Å². The van der Waals surface area contributed by atoms with Gasteiger partial charge < -0.3 is 46.0 Å². The third-order valence-corrected chi connectivity index (χ3v) is 11.1. The van der Waals surface area contributed by atoms with Crippen molar-refractivity contribution in [2.75, 3.05) is 0 Å². The second-order valence-corrected chi connectivity index (χ2v) is 14.6. The van der Waals surface area contributed by atoms with Crippen molar-refractivity contribution in [2.24, 2.45) is 11.8 Å². The molecule has 1 saturated heterocycles. The number of aromatic amines is 3. The minimum Gasteiger partial charge on any atom is -0.508 e. The first-order valence-electron chi connectivity index (χ1n) is 18.6. The van der Waals surface area contributed by atoms with E-state index in [4.69, 9.17) is 0 Å². The Labute approximate surface area is 323 Å². The van der Waals surface area contributed by atoms with Gasteiger partial charge in [0.25, 0.3) is 0 Å². The topological polar surface area (TPSA) is 221 Å². The van der Waals surface area contributed by atoms with E-state index in [0.717, 1.165) is 50.0 Å². The predicted octanol–water partition coefficient (Wildman–Crippen LogP) is 4.85. The standard InChI is InChI=1S/C43H47N5O8/c1-7-26-20(3)30-17-32-22(5)28(13-14-38(51)52)40(47-32)29(16-37(50)46-36(42(53)54)15-24-9-11-25(49)12-10-24)41-39(43(55)56)23(6)33(48-41)19-35-27(8-2)21(4)31(45-35)18-34(26)44-30/h7,9-12,17-19,22,28,36,44-45,47-49H,1,8,13-16H2,2-6H3,(H,46,50)(H,51,52)(H,53,54)(H,55,56)/t22-,28-,36+/m0/s1. The van der Waals surface area contributed by atoms with Crippen LogP contribution in [0.5, 0.6) is 5.75 Å². The van der Waals surface area contributed by atoms with E-state index in [1.807, 2.05) is 45.9 Å². The first-order chi connectivity index (χ1) is 26.6. The van der Waals surface area contributed by atoms with E-state index in [9.17, 15) is 39.6 Å². The average Bonchev–Trinajstić information content (AvgIpc) is 3.83. The van der Waals surface area contributed by atoms with Gasteiger partial charge in [0.1, 0.15) is 11.8 Å². The van der Waals surface area contributed by atoms with Crippen LogP contribution in [0.25, 0.3) is 29.9 Å². The second-order valence-electron chi connectivity index (χ2n) is 14.6. The highest BCUT2D eigenvalue weighted by molar-refractivity contribution is 6.00. The van der Waals surface area contributed by atoms with Gasteiger partial charge in [-0.2, -0.15) is 0 Å². The zero-order valence-electron chi connectivity index (χ0n) is 32.0. The summed E-state index contributed by atoms with van der Waals surface area (Å²) in [5, 5.41) is 48.1. The Morgan fingerprint density at radius 3 is 2.20 bits per heavy atom. The summed E-state index contributed by atoms with van der Waals surface area (Å²) in [6, 6.07) is 4.64. The number of phenols is 1. The lowest BCUT2D eigenvalue weighted by atomic mass is 9.85. The van der Waals surface area contributed by atoms with E-state index < -0.39 is 42.2 Å². The van der Waals surface area contributed by atoms with Crippen molar-refractivity contribution in [1.82, 2.24) is 25.6 Å². The molecule has 0 unspecified atom stereocenters. The number of carboxylic acids is 3. The summed E-state index contributed by atoms with van der Waals surface area (Å²) in [4.78, 5) is 62.0. The lowest BCUT2D eigenvalue weighted by molar-refractivity contribution is -0.141. The van der Waals surface area contributed by atoms with Gasteiger partial charge in [0.2, 0.25) is 5.91 Å². The fourth-order valence-electron chi connectivity index (χ4n) is 8.03. The second kappa shape index (κ2) is 15.7. The Balaban J connectivity index is 1.61. The number of carbonyl (C=O) groups excluding carboxylic acids is 1. The first-order valence-corrected chi connectivity index (χ1v) is 18.6. The zero-order chi connectivity index (χ0) is 40.6. The van der Waals surface area contributed by atoms with E-state index >= 15 is 0 Å². The van der Waals surface area contributed by atoms with E-state index in [1.54, 1.807) is 25.1 Å². The largest absolute Gasteiger partial charge is 0.508 e. The van der Waals surface area contributed by atoms with E-state index in [2.05, 4.69) is 32.2 Å². The number of aromatic carboxylic acids is 1. The van der Waals surface area contributed by atoms with Gasteiger partial charge in [-0.15, -0.1) is 0 Å². The molecule has 0 aliphatic carbocycles. The molecular weight excluding hydrogens is 714 g/mol. The number of hydrogen-bond donors (Lipinski definition) is 9. The maximum absolute atomic E-state index is 14.1. The highest BCUT2D eigenvalue weighted by Gasteiger charge is 2.38. The number of carboxylic acid groups (broad SMARTS) is 3. The van der Waals surface area contributed by atoms with Crippen molar-refractivity contribution in [3.63, 3.8) is 0 Å². The van der Waals surface area contributed by atoms with Crippen LogP contribution in [0, 0.1) is 32.6 Å². The number of aromatic hydroxyl groups is 1. The number of benzene rings is 1. The van der Waals surface area contributed by atoms with Gasteiger partial charge in [0.15, 0.2) is 0 Å². The molecule has 9 N–H and O–H groups in total. The van der Waals surface area contributed by atoms with Crippen LogP contribution < -0.4 is 21.3 Å². The Morgan fingerprint density at radius 1 is 0.893 bits per heavy atom. The summed E-state index contributed by atoms with van der Waals surface area (Å²) in [7, 11) is 0. The molecule has 4 aromatic rings. The van der Waals surface area contributed by atoms with Gasteiger partial charge in [-0.1, -0.05) is 38.6 Å². The minimum absolute atomic E-state index is 0.0125. The van der Waals surface area contributed by atoms with Crippen molar-refractivity contribution in [1.29, 1.82) is 0 Å².